The summed E-state index contributed by atoms with van der Waals surface area (Å²) >= 11 is 0. The number of hydrogen-bond donors (Lipinski definition) is 0. The smallest absolute Gasteiger partial charge is 0.238 e. The summed E-state index contributed by atoms with van der Waals surface area (Å²) in [5, 5.41) is 23.7. The quantitative estimate of drug-likeness (QED) is 0.130. The molecule has 0 N–H and O–H groups in total. The molecule has 0 amide bonds. The molecule has 3 aliphatic carbocycles. The molecule has 150 heavy (non-hydrogen) atoms. The van der Waals surface area contributed by atoms with Gasteiger partial charge in [-0.3, -0.25) is 13.7 Å². The highest BCUT2D eigenvalue weighted by Crippen LogP contribution is 2.55. The van der Waals surface area contributed by atoms with E-state index in [1.165, 1.54) is 196 Å². The summed E-state index contributed by atoms with van der Waals surface area (Å²) in [4.78, 5) is 47.5. The van der Waals surface area contributed by atoms with E-state index >= 15 is 0 Å². The molecule has 0 bridgehead atoms. The zero-order valence-electron chi connectivity index (χ0n) is 82.9. The number of fused-ring (bicyclic) bond motifs is 18. The summed E-state index contributed by atoms with van der Waals surface area (Å²) in [5.41, 5.74) is 35.4. The number of aromatic nitrogens is 12. The predicted octanol–water partition coefficient (Wildman–Crippen LogP) is 29.7. The van der Waals surface area contributed by atoms with Gasteiger partial charge in [-0.1, -0.05) is 434 Å². The first-order valence-corrected chi connectivity index (χ1v) is 60.6. The zero-order valence-corrected chi connectivity index (χ0v) is 85.9. The molecule has 6 aromatic heterocycles. The van der Waals surface area contributed by atoms with E-state index in [9.17, 15) is 0 Å². The molecule has 3 aliphatic heterocycles. The standard InChI is InChI=1S/3C45H30N4Si/c1-50(2)37-23-9-8-18-33(37)40-34(21-12-24-38(40)50)44-46-43(28-13-4-3-5-14-28)47-45(48-44)49-35-22-11-20-32-30-17-7-6-16-29(30)31-19-10-15-27-25-26-36(49)42(39(27)31)41(32)35;1-50(2)38-21-9-8-17-32(38)33-24-22-29(26-39(33)50)44-46-43(28-12-4-3-5-13-28)47-45(48-44)49-36-20-11-19-35-31-16-7-6-15-30(31)34-18-10-14-27-23-25-37(49)42(40(27)34)41(35)36;1-50(2)38-21-9-8-17-32(38)35-26-29(23-25-39(35)50)44-46-43(28-12-4-3-5-13-28)47-45(48-44)49-36-20-11-19-34-31-16-7-6-15-30(31)33-18-10-14-27-22-24-37(49)42(40(27)33)41(34)36/h3*3-26H,1-2H3. The molecule has 0 saturated heterocycles. The minimum absolute atomic E-state index is 0.618. The SMILES string of the molecule is C[Si]1(C)c2ccccc2-c2c(-c3nc(-c4ccccc4)nc(-n4c5cccc6c5c5c7c(cccc7ccc54)-c4ccccc4-6)n3)cccc21.C[Si]1(C)c2ccccc2-c2cc(-c3nc(-c4ccccc4)nc(-n4c5cccc6c5c5c7c(cccc7ccc54)-c4ccccc4-6)n3)ccc21.C[Si]1(C)c2ccccc2-c2ccc(-c3nc(-c4ccccc4)nc(-n4c5cccc6c5c5c7c(cccc7ccc54)-c4ccccc4-6)n3)cc21. The Morgan fingerprint density at radius 1 is 0.147 bits per heavy atom. The van der Waals surface area contributed by atoms with Gasteiger partial charge >= 0.3 is 0 Å². The summed E-state index contributed by atoms with van der Waals surface area (Å²) in [6.07, 6.45) is 0. The first-order valence-electron chi connectivity index (χ1n) is 51.6. The molecular weight excluding hydrogens is 1870 g/mol. The average Bonchev–Trinajstić information content (AvgIpc) is 1.54. The number of nitrogens with zero attached hydrogens (tertiary/aromatic N) is 12. The first-order chi connectivity index (χ1) is 73.7. The monoisotopic (exact) mass is 1960 g/mol. The maximum Gasteiger partial charge on any atom is 0.238 e. The van der Waals surface area contributed by atoms with E-state index in [0.29, 0.717) is 52.8 Å². The van der Waals surface area contributed by atoms with Crippen molar-refractivity contribution in [3.63, 3.8) is 0 Å². The van der Waals surface area contributed by atoms with E-state index in [4.69, 9.17) is 44.9 Å². The fourth-order valence-corrected chi connectivity index (χ4v) is 35.5. The molecule has 0 atom stereocenters. The molecule has 0 saturated carbocycles. The van der Waals surface area contributed by atoms with Crippen molar-refractivity contribution in [2.75, 3.05) is 0 Å². The topological polar surface area (TPSA) is 131 Å². The molecular formula is C135H90N12Si3. The van der Waals surface area contributed by atoms with Gasteiger partial charge in [0.25, 0.3) is 0 Å². The van der Waals surface area contributed by atoms with Crippen molar-refractivity contribution >= 4 is 153 Å². The molecule has 6 aliphatic rings. The van der Waals surface area contributed by atoms with Crippen LogP contribution in [0.3, 0.4) is 0 Å². The largest absolute Gasteiger partial charge is 0.278 e. The van der Waals surface area contributed by atoms with Crippen molar-refractivity contribution in [2.45, 2.75) is 39.3 Å². The third-order valence-corrected chi connectivity index (χ3v) is 43.7. The van der Waals surface area contributed by atoms with Crippen LogP contribution in [-0.2, 0) is 0 Å². The Morgan fingerprint density at radius 3 is 0.813 bits per heavy atom. The van der Waals surface area contributed by atoms with Crippen LogP contribution >= 0.6 is 0 Å². The molecule has 0 spiro atoms. The second kappa shape index (κ2) is 32.2. The highest BCUT2D eigenvalue weighted by molar-refractivity contribution is 7.05. The Hall–Kier alpha value is -18.5. The van der Waals surface area contributed by atoms with Gasteiger partial charge in [-0.2, -0.15) is 29.9 Å². The molecule has 12 nitrogen and oxygen atoms in total. The van der Waals surface area contributed by atoms with Crippen molar-refractivity contribution in [1.29, 1.82) is 0 Å². The Morgan fingerprint density at radius 2 is 0.407 bits per heavy atom. The summed E-state index contributed by atoms with van der Waals surface area (Å²) in [6, 6.07) is 158. The van der Waals surface area contributed by atoms with Crippen LogP contribution in [0.5, 0.6) is 0 Å². The van der Waals surface area contributed by atoms with Crippen LogP contribution in [0.2, 0.25) is 39.3 Å². The van der Waals surface area contributed by atoms with Crippen molar-refractivity contribution in [3.8, 4) is 186 Å². The van der Waals surface area contributed by atoms with Crippen LogP contribution in [0.1, 0.15) is 0 Å². The lowest BCUT2D eigenvalue weighted by Gasteiger charge is -2.19. The fraction of sp³-hybridized carbons (Fsp3) is 0.0444. The third-order valence-electron chi connectivity index (χ3n) is 33.0. The highest BCUT2D eigenvalue weighted by atomic mass is 28.3. The second-order valence-corrected chi connectivity index (χ2v) is 55.0. The number of benzene rings is 21. The van der Waals surface area contributed by atoms with E-state index in [1.54, 1.807) is 0 Å². The maximum atomic E-state index is 5.42. The van der Waals surface area contributed by atoms with Gasteiger partial charge in [0.15, 0.2) is 34.9 Å². The van der Waals surface area contributed by atoms with Gasteiger partial charge in [0.2, 0.25) is 17.8 Å². The van der Waals surface area contributed by atoms with Gasteiger partial charge in [0, 0.05) is 65.7 Å². The second-order valence-electron chi connectivity index (χ2n) is 42.0. The first kappa shape index (κ1) is 85.8. The predicted molar refractivity (Wildman–Crippen MR) is 627 cm³/mol. The van der Waals surface area contributed by atoms with E-state index < -0.39 is 24.2 Å². The van der Waals surface area contributed by atoms with Crippen molar-refractivity contribution < 1.29 is 0 Å². The summed E-state index contributed by atoms with van der Waals surface area (Å²) < 4.78 is 6.79. The fourth-order valence-electron chi connectivity index (χ4n) is 26.2. The lowest BCUT2D eigenvalue weighted by atomic mass is 9.93. The number of rotatable bonds is 9. The molecule has 702 valence electrons. The highest BCUT2D eigenvalue weighted by Gasteiger charge is 2.43. The van der Waals surface area contributed by atoms with Crippen LogP contribution < -0.4 is 31.1 Å². The van der Waals surface area contributed by atoms with Crippen LogP contribution in [0.15, 0.2) is 437 Å². The molecule has 33 rings (SSSR count). The minimum Gasteiger partial charge on any atom is -0.278 e. The molecule has 21 aromatic carbocycles. The van der Waals surface area contributed by atoms with Gasteiger partial charge < -0.3 is 0 Å². The molecule has 0 radical (unpaired) electrons. The van der Waals surface area contributed by atoms with E-state index in [0.717, 1.165) is 66.5 Å². The average molecular weight is 1960 g/mol. The summed E-state index contributed by atoms with van der Waals surface area (Å²) in [6.45, 7) is 14.7. The molecule has 0 unspecified atom stereocenters. The normalized spacial score (nSPS) is 13.6. The van der Waals surface area contributed by atoms with Gasteiger partial charge in [0.1, 0.15) is 24.2 Å². The Labute approximate surface area is 867 Å². The summed E-state index contributed by atoms with van der Waals surface area (Å²) in [5.74, 6) is 5.89. The van der Waals surface area contributed by atoms with Crippen molar-refractivity contribution in [2.24, 2.45) is 0 Å². The van der Waals surface area contributed by atoms with E-state index in [-0.39, 0.29) is 0 Å². The minimum atomic E-state index is -1.90. The maximum absolute atomic E-state index is 5.42. The van der Waals surface area contributed by atoms with Crippen LogP contribution in [0, 0.1) is 0 Å². The van der Waals surface area contributed by atoms with Gasteiger partial charge in [-0.25, -0.2) is 15.0 Å². The Kier molecular flexibility index (Phi) is 18.5. The lowest BCUT2D eigenvalue weighted by molar-refractivity contribution is 0.953. The van der Waals surface area contributed by atoms with E-state index in [1.807, 2.05) is 54.6 Å². The summed E-state index contributed by atoms with van der Waals surface area (Å²) in [7, 11) is -5.59. The molecule has 27 aromatic rings. The van der Waals surface area contributed by atoms with Gasteiger partial charge in [-0.15, -0.1) is 0 Å². The van der Waals surface area contributed by atoms with Crippen molar-refractivity contribution in [1.82, 2.24) is 58.6 Å². The van der Waals surface area contributed by atoms with Crippen LogP contribution in [0.25, 0.3) is 284 Å². The lowest BCUT2D eigenvalue weighted by Crippen LogP contribution is -2.49. The molecule has 0 fully saturated rings. The number of hydrogen-bond acceptors (Lipinski definition) is 9. The third kappa shape index (κ3) is 12.4. The van der Waals surface area contributed by atoms with E-state index in [2.05, 4.69) is 435 Å². The Bertz CT molecular complexity index is 10600. The van der Waals surface area contributed by atoms with Crippen LogP contribution in [-0.4, -0.2) is 82.8 Å². The molecule has 15 heteroatoms. The zero-order chi connectivity index (χ0) is 99.4. The van der Waals surface area contributed by atoms with Crippen LogP contribution in [0.4, 0.5) is 0 Å². The van der Waals surface area contributed by atoms with Gasteiger partial charge in [0.05, 0.1) is 33.1 Å². The van der Waals surface area contributed by atoms with Crippen molar-refractivity contribution in [3.05, 3.63) is 437 Å². The Balaban J connectivity index is 0.000000101. The molecule has 9 heterocycles. The van der Waals surface area contributed by atoms with Gasteiger partial charge in [-0.05, 0) is 206 Å².